The third-order valence-electron chi connectivity index (χ3n) is 2.23. The minimum absolute atomic E-state index is 0.375. The van der Waals surface area contributed by atoms with E-state index in [2.05, 4.69) is 10.1 Å². The molecule has 0 atom stereocenters. The Morgan fingerprint density at radius 1 is 1.18 bits per heavy atom. The van der Waals surface area contributed by atoms with E-state index in [-0.39, 0.29) is 0 Å². The van der Waals surface area contributed by atoms with Crippen LogP contribution in [0.1, 0.15) is 11.3 Å². The molecule has 3 nitrogen and oxygen atoms in total. The summed E-state index contributed by atoms with van der Waals surface area (Å²) in [5, 5.41) is 11.5. The molecule has 2 rings (SSSR count). The molecule has 0 bridgehead atoms. The van der Waals surface area contributed by atoms with Gasteiger partial charge in [-0.1, -0.05) is 11.2 Å². The SMILES string of the molecule is O/N=C\c1ccc2cc(C(F)(F)F)ccc2n1. The van der Waals surface area contributed by atoms with E-state index in [0.29, 0.717) is 16.6 Å². The highest BCUT2D eigenvalue weighted by atomic mass is 19.4. The second-order valence-electron chi connectivity index (χ2n) is 3.39. The van der Waals surface area contributed by atoms with Gasteiger partial charge in [0, 0.05) is 5.39 Å². The highest BCUT2D eigenvalue weighted by molar-refractivity contribution is 5.85. The number of alkyl halides is 3. The normalized spacial score (nSPS) is 12.4. The number of oxime groups is 1. The Bertz CT molecular complexity index is 578. The van der Waals surface area contributed by atoms with Crippen molar-refractivity contribution in [3.8, 4) is 0 Å². The van der Waals surface area contributed by atoms with E-state index in [1.807, 2.05) is 0 Å². The van der Waals surface area contributed by atoms with E-state index in [4.69, 9.17) is 5.21 Å². The van der Waals surface area contributed by atoms with Crippen molar-refractivity contribution < 1.29 is 18.4 Å². The zero-order valence-corrected chi connectivity index (χ0v) is 8.44. The molecule has 0 aliphatic heterocycles. The van der Waals surface area contributed by atoms with Crippen molar-refractivity contribution in [3.05, 3.63) is 41.6 Å². The van der Waals surface area contributed by atoms with Crippen molar-refractivity contribution in [2.24, 2.45) is 5.16 Å². The van der Waals surface area contributed by atoms with Crippen molar-refractivity contribution in [2.75, 3.05) is 0 Å². The summed E-state index contributed by atoms with van der Waals surface area (Å²) in [6.07, 6.45) is -3.25. The lowest BCUT2D eigenvalue weighted by molar-refractivity contribution is -0.137. The molecule has 0 unspecified atom stereocenters. The van der Waals surface area contributed by atoms with E-state index < -0.39 is 11.7 Å². The smallest absolute Gasteiger partial charge is 0.411 e. The van der Waals surface area contributed by atoms with Crippen molar-refractivity contribution in [1.29, 1.82) is 0 Å². The Balaban J connectivity index is 2.54. The number of halogens is 3. The van der Waals surface area contributed by atoms with E-state index >= 15 is 0 Å². The monoisotopic (exact) mass is 240 g/mol. The summed E-state index contributed by atoms with van der Waals surface area (Å²) in [4.78, 5) is 4.01. The van der Waals surface area contributed by atoms with Crippen LogP contribution in [-0.4, -0.2) is 16.4 Å². The number of benzene rings is 1. The van der Waals surface area contributed by atoms with Crippen LogP contribution in [0.3, 0.4) is 0 Å². The van der Waals surface area contributed by atoms with Crippen LogP contribution in [-0.2, 0) is 6.18 Å². The second-order valence-corrected chi connectivity index (χ2v) is 3.39. The van der Waals surface area contributed by atoms with Gasteiger partial charge >= 0.3 is 6.18 Å². The molecular weight excluding hydrogens is 233 g/mol. The number of pyridine rings is 1. The highest BCUT2D eigenvalue weighted by Gasteiger charge is 2.30. The van der Waals surface area contributed by atoms with Crippen molar-refractivity contribution in [1.82, 2.24) is 4.98 Å². The Morgan fingerprint density at radius 3 is 2.59 bits per heavy atom. The van der Waals surface area contributed by atoms with Gasteiger partial charge in [0.25, 0.3) is 0 Å². The van der Waals surface area contributed by atoms with Crippen LogP contribution in [0.15, 0.2) is 35.5 Å². The maximum Gasteiger partial charge on any atom is 0.416 e. The first kappa shape index (κ1) is 11.4. The van der Waals surface area contributed by atoms with Crippen LogP contribution in [0.2, 0.25) is 0 Å². The molecule has 6 heteroatoms. The standard InChI is InChI=1S/C11H7F3N2O/c12-11(13,14)8-2-4-10-7(5-8)1-3-9(16-10)6-15-17/h1-6,17H/b15-6-. The zero-order valence-electron chi connectivity index (χ0n) is 8.44. The summed E-state index contributed by atoms with van der Waals surface area (Å²) in [7, 11) is 0. The quantitative estimate of drug-likeness (QED) is 0.473. The maximum absolute atomic E-state index is 12.4. The van der Waals surface area contributed by atoms with Crippen LogP contribution in [0.5, 0.6) is 0 Å². The van der Waals surface area contributed by atoms with Gasteiger partial charge in [-0.2, -0.15) is 13.2 Å². The van der Waals surface area contributed by atoms with Crippen molar-refractivity contribution >= 4 is 17.1 Å². The summed E-state index contributed by atoms with van der Waals surface area (Å²) in [5.41, 5.74) is 0.0746. The predicted molar refractivity (Wildman–Crippen MR) is 56.1 cm³/mol. The molecule has 1 heterocycles. The molecule has 0 aliphatic rings. The van der Waals surface area contributed by atoms with Gasteiger partial charge in [-0.3, -0.25) is 0 Å². The van der Waals surface area contributed by atoms with E-state index in [1.54, 1.807) is 0 Å². The summed E-state index contributed by atoms with van der Waals surface area (Å²) < 4.78 is 37.3. The van der Waals surface area contributed by atoms with Crippen LogP contribution in [0, 0.1) is 0 Å². The van der Waals surface area contributed by atoms with E-state index in [1.165, 1.54) is 18.2 Å². The maximum atomic E-state index is 12.4. The van der Waals surface area contributed by atoms with E-state index in [9.17, 15) is 13.2 Å². The first-order chi connectivity index (χ1) is 8.00. The van der Waals surface area contributed by atoms with Gasteiger partial charge in [0.2, 0.25) is 0 Å². The van der Waals surface area contributed by atoms with Crippen LogP contribution in [0.25, 0.3) is 10.9 Å². The lowest BCUT2D eigenvalue weighted by atomic mass is 10.1. The fraction of sp³-hybridized carbons (Fsp3) is 0.0909. The minimum Gasteiger partial charge on any atom is -0.411 e. The van der Waals surface area contributed by atoms with Crippen LogP contribution < -0.4 is 0 Å². The molecule has 0 saturated carbocycles. The molecule has 0 aliphatic carbocycles. The predicted octanol–water partition coefficient (Wildman–Crippen LogP) is 3.06. The Morgan fingerprint density at radius 2 is 1.94 bits per heavy atom. The average Bonchev–Trinajstić information content (AvgIpc) is 2.27. The highest BCUT2D eigenvalue weighted by Crippen LogP contribution is 2.30. The number of nitrogens with zero attached hydrogens (tertiary/aromatic N) is 2. The van der Waals surface area contributed by atoms with Crippen molar-refractivity contribution in [2.45, 2.75) is 6.18 Å². The number of fused-ring (bicyclic) bond motifs is 1. The molecule has 2 aromatic rings. The molecular formula is C11H7F3N2O. The number of aromatic nitrogens is 1. The fourth-order valence-corrected chi connectivity index (χ4v) is 1.45. The molecule has 0 saturated heterocycles. The topological polar surface area (TPSA) is 45.5 Å². The summed E-state index contributed by atoms with van der Waals surface area (Å²) in [6.45, 7) is 0. The lowest BCUT2D eigenvalue weighted by Crippen LogP contribution is -2.04. The van der Waals surface area contributed by atoms with Gasteiger partial charge in [0.15, 0.2) is 0 Å². The zero-order chi connectivity index (χ0) is 12.5. The molecule has 0 radical (unpaired) electrons. The first-order valence-corrected chi connectivity index (χ1v) is 4.66. The molecule has 1 aromatic carbocycles. The summed E-state index contributed by atoms with van der Waals surface area (Å²) in [5.74, 6) is 0. The summed E-state index contributed by atoms with van der Waals surface area (Å²) in [6, 6.07) is 6.25. The minimum atomic E-state index is -4.36. The van der Waals surface area contributed by atoms with Gasteiger partial charge in [-0.25, -0.2) is 4.98 Å². The van der Waals surface area contributed by atoms with Gasteiger partial charge < -0.3 is 5.21 Å². The molecule has 0 amide bonds. The van der Waals surface area contributed by atoms with Gasteiger partial charge in [-0.15, -0.1) is 0 Å². The Hall–Kier alpha value is -2.11. The van der Waals surface area contributed by atoms with Gasteiger partial charge in [0.05, 0.1) is 23.0 Å². The number of hydrogen-bond donors (Lipinski definition) is 1. The Labute approximate surface area is 94.2 Å². The average molecular weight is 240 g/mol. The number of hydrogen-bond acceptors (Lipinski definition) is 3. The largest absolute Gasteiger partial charge is 0.416 e. The van der Waals surface area contributed by atoms with Gasteiger partial charge in [-0.05, 0) is 24.3 Å². The molecule has 88 valence electrons. The van der Waals surface area contributed by atoms with Crippen LogP contribution >= 0.6 is 0 Å². The molecule has 1 aromatic heterocycles. The Kier molecular flexibility index (Phi) is 2.71. The van der Waals surface area contributed by atoms with Gasteiger partial charge in [0.1, 0.15) is 0 Å². The summed E-state index contributed by atoms with van der Waals surface area (Å²) >= 11 is 0. The molecule has 17 heavy (non-hydrogen) atoms. The lowest BCUT2D eigenvalue weighted by Gasteiger charge is -2.07. The fourth-order valence-electron chi connectivity index (χ4n) is 1.45. The second kappa shape index (κ2) is 4.04. The third kappa shape index (κ3) is 2.35. The van der Waals surface area contributed by atoms with Crippen LogP contribution in [0.4, 0.5) is 13.2 Å². The third-order valence-corrected chi connectivity index (χ3v) is 2.23. The van der Waals surface area contributed by atoms with Crippen molar-refractivity contribution in [3.63, 3.8) is 0 Å². The molecule has 0 spiro atoms. The van der Waals surface area contributed by atoms with E-state index in [0.717, 1.165) is 18.3 Å². The molecule has 0 fully saturated rings. The number of rotatable bonds is 1. The first-order valence-electron chi connectivity index (χ1n) is 4.66. The molecule has 1 N–H and O–H groups in total.